The predicted octanol–water partition coefficient (Wildman–Crippen LogP) is 3.06. The number of nitrogens with one attached hydrogen (secondary N) is 2. The van der Waals surface area contributed by atoms with Gasteiger partial charge in [0.25, 0.3) is 5.91 Å². The number of nitrogens with zero attached hydrogens (tertiary/aromatic N) is 1. The maximum atomic E-state index is 13.1. The number of anilines is 1. The first kappa shape index (κ1) is 15.3. The molecule has 5 aliphatic rings. The molecule has 3 saturated heterocycles. The Morgan fingerprint density at radius 1 is 1.31 bits per heavy atom. The molecular formula is C20H23N3O2S. The fraction of sp³-hybridized carbons (Fsp3) is 0.550. The van der Waals surface area contributed by atoms with E-state index in [1.165, 1.54) is 38.8 Å². The van der Waals surface area contributed by atoms with E-state index in [9.17, 15) is 4.79 Å². The monoisotopic (exact) mass is 369 g/mol. The van der Waals surface area contributed by atoms with E-state index in [1.807, 2.05) is 12.1 Å². The average Bonchev–Trinajstić information content (AvgIpc) is 3.33. The van der Waals surface area contributed by atoms with Crippen molar-refractivity contribution in [1.82, 2.24) is 10.2 Å². The van der Waals surface area contributed by atoms with Gasteiger partial charge in [-0.3, -0.25) is 9.69 Å². The summed E-state index contributed by atoms with van der Waals surface area (Å²) in [4.78, 5) is 16.5. The van der Waals surface area contributed by atoms with E-state index in [0.29, 0.717) is 18.6 Å². The van der Waals surface area contributed by atoms with Gasteiger partial charge in [-0.25, -0.2) is 0 Å². The van der Waals surface area contributed by atoms with Crippen molar-refractivity contribution >= 4 is 33.0 Å². The average molecular weight is 369 g/mol. The molecule has 1 aromatic carbocycles. The summed E-state index contributed by atoms with van der Waals surface area (Å²) in [7, 11) is 0. The quantitative estimate of drug-likeness (QED) is 0.854. The van der Waals surface area contributed by atoms with Gasteiger partial charge in [0, 0.05) is 12.1 Å². The van der Waals surface area contributed by atoms with E-state index in [2.05, 4.69) is 21.6 Å². The Labute approximate surface area is 156 Å². The molecule has 1 atom stereocenters. The van der Waals surface area contributed by atoms with Gasteiger partial charge in [0.05, 0.1) is 21.3 Å². The number of ether oxygens (including phenoxy) is 1. The van der Waals surface area contributed by atoms with E-state index in [-0.39, 0.29) is 11.4 Å². The summed E-state index contributed by atoms with van der Waals surface area (Å²) < 4.78 is 6.86. The Morgan fingerprint density at radius 2 is 2.15 bits per heavy atom. The number of benzene rings is 1. The second-order valence-electron chi connectivity index (χ2n) is 8.12. The minimum Gasteiger partial charge on any atom is -0.490 e. The molecule has 26 heavy (non-hydrogen) atoms. The molecule has 5 nitrogen and oxygen atoms in total. The van der Waals surface area contributed by atoms with Crippen LogP contribution in [0.15, 0.2) is 18.2 Å². The van der Waals surface area contributed by atoms with Crippen LogP contribution < -0.4 is 15.4 Å². The fourth-order valence-electron chi connectivity index (χ4n) is 5.35. The molecule has 2 bridgehead atoms. The molecule has 0 radical (unpaired) electrons. The van der Waals surface area contributed by atoms with Gasteiger partial charge in [0.1, 0.15) is 12.4 Å². The molecule has 4 fully saturated rings. The molecule has 5 heterocycles. The summed E-state index contributed by atoms with van der Waals surface area (Å²) in [5, 5.41) is 7.99. The fourth-order valence-corrected chi connectivity index (χ4v) is 6.43. The zero-order valence-corrected chi connectivity index (χ0v) is 15.5. The van der Waals surface area contributed by atoms with Gasteiger partial charge in [-0.2, -0.15) is 0 Å². The third kappa shape index (κ3) is 2.09. The molecule has 136 valence electrons. The van der Waals surface area contributed by atoms with Crippen molar-refractivity contribution in [2.45, 2.75) is 37.3 Å². The van der Waals surface area contributed by atoms with Crippen molar-refractivity contribution in [3.63, 3.8) is 0 Å². The molecule has 1 amide bonds. The van der Waals surface area contributed by atoms with Crippen LogP contribution in [0.3, 0.4) is 0 Å². The normalized spacial score (nSPS) is 30.5. The van der Waals surface area contributed by atoms with E-state index in [1.54, 1.807) is 11.3 Å². The lowest BCUT2D eigenvalue weighted by molar-refractivity contribution is -0.00138. The minimum atomic E-state index is 0.0988. The Morgan fingerprint density at radius 3 is 2.96 bits per heavy atom. The Kier molecular flexibility index (Phi) is 3.15. The van der Waals surface area contributed by atoms with Gasteiger partial charge in [0.2, 0.25) is 0 Å². The largest absolute Gasteiger partial charge is 0.490 e. The van der Waals surface area contributed by atoms with E-state index >= 15 is 0 Å². The standard InChI is InChI=1S/C20H23N3O2S/c24-19(22-18-12-3-8-23(9-4-12)20(18)5-6-20)15-11-13-1-2-14-16(17(13)26-15)21-7-10-25-14/h1-2,11-12,18,21H,3-10H2,(H,22,24)/t18-/m0/s1. The van der Waals surface area contributed by atoms with Gasteiger partial charge in [-0.15, -0.1) is 11.3 Å². The van der Waals surface area contributed by atoms with Crippen molar-refractivity contribution in [3.05, 3.63) is 23.1 Å². The number of hydrogen-bond acceptors (Lipinski definition) is 5. The first-order valence-corrected chi connectivity index (χ1v) is 10.6. The van der Waals surface area contributed by atoms with Crippen LogP contribution in [0.1, 0.15) is 35.4 Å². The highest BCUT2D eigenvalue weighted by atomic mass is 32.1. The highest BCUT2D eigenvalue weighted by molar-refractivity contribution is 7.21. The topological polar surface area (TPSA) is 53.6 Å². The molecule has 1 saturated carbocycles. The third-order valence-electron chi connectivity index (χ3n) is 6.80. The molecule has 7 rings (SSSR count). The lowest BCUT2D eigenvalue weighted by Gasteiger charge is -2.52. The second kappa shape index (κ2) is 5.36. The van der Waals surface area contributed by atoms with Gasteiger partial charge < -0.3 is 15.4 Å². The molecule has 6 heteroatoms. The van der Waals surface area contributed by atoms with E-state index in [0.717, 1.165) is 32.9 Å². The summed E-state index contributed by atoms with van der Waals surface area (Å²) in [6.45, 7) is 3.95. The van der Waals surface area contributed by atoms with Gasteiger partial charge >= 0.3 is 0 Å². The lowest BCUT2D eigenvalue weighted by atomic mass is 9.77. The van der Waals surface area contributed by atoms with Crippen LogP contribution in [0.4, 0.5) is 5.69 Å². The van der Waals surface area contributed by atoms with Crippen LogP contribution in [-0.2, 0) is 0 Å². The summed E-state index contributed by atoms with van der Waals surface area (Å²) in [5.41, 5.74) is 1.32. The van der Waals surface area contributed by atoms with Crippen LogP contribution in [0, 0.1) is 5.92 Å². The van der Waals surface area contributed by atoms with Crippen molar-refractivity contribution < 1.29 is 9.53 Å². The molecule has 0 unspecified atom stereocenters. The molecule has 2 N–H and O–H groups in total. The third-order valence-corrected chi connectivity index (χ3v) is 7.97. The van der Waals surface area contributed by atoms with Crippen LogP contribution in [0.25, 0.3) is 10.1 Å². The minimum absolute atomic E-state index is 0.0988. The molecule has 1 spiro atoms. The molecular weight excluding hydrogens is 346 g/mol. The van der Waals surface area contributed by atoms with Crippen molar-refractivity contribution in [2.75, 3.05) is 31.6 Å². The first-order valence-electron chi connectivity index (χ1n) is 9.74. The van der Waals surface area contributed by atoms with Crippen LogP contribution in [0.5, 0.6) is 5.75 Å². The van der Waals surface area contributed by atoms with Crippen LogP contribution in [0.2, 0.25) is 0 Å². The molecule has 1 aliphatic carbocycles. The highest BCUT2D eigenvalue weighted by Gasteiger charge is 2.60. The number of amides is 1. The van der Waals surface area contributed by atoms with E-state index < -0.39 is 0 Å². The summed E-state index contributed by atoms with van der Waals surface area (Å²) in [6.07, 6.45) is 4.95. The number of hydrogen-bond donors (Lipinski definition) is 2. The summed E-state index contributed by atoms with van der Waals surface area (Å²) in [6, 6.07) is 6.43. The van der Waals surface area contributed by atoms with Crippen LogP contribution >= 0.6 is 11.3 Å². The number of piperidine rings is 3. The zero-order valence-electron chi connectivity index (χ0n) is 14.7. The number of carbonyl (C=O) groups excluding carboxylic acids is 1. The van der Waals surface area contributed by atoms with Gasteiger partial charge in [-0.1, -0.05) is 0 Å². The summed E-state index contributed by atoms with van der Waals surface area (Å²) >= 11 is 1.58. The van der Waals surface area contributed by atoms with Crippen molar-refractivity contribution in [3.8, 4) is 5.75 Å². The SMILES string of the molecule is O=C(N[C@H]1C2CCN(CC2)C12CC2)c1cc2ccc3c(c2s1)NCCO3. The smallest absolute Gasteiger partial charge is 0.261 e. The Hall–Kier alpha value is -1.79. The second-order valence-corrected chi connectivity index (χ2v) is 9.17. The maximum Gasteiger partial charge on any atom is 0.261 e. The number of carbonyl (C=O) groups is 1. The van der Waals surface area contributed by atoms with Crippen LogP contribution in [-0.4, -0.2) is 48.6 Å². The number of fused-ring (bicyclic) bond motifs is 5. The summed E-state index contributed by atoms with van der Waals surface area (Å²) in [5.74, 6) is 1.65. The predicted molar refractivity (Wildman–Crippen MR) is 103 cm³/mol. The Bertz CT molecular complexity index is 896. The molecule has 1 aromatic heterocycles. The molecule has 2 aromatic rings. The Balaban J connectivity index is 1.31. The number of thiophene rings is 1. The van der Waals surface area contributed by atoms with Crippen molar-refractivity contribution in [1.29, 1.82) is 0 Å². The van der Waals surface area contributed by atoms with E-state index in [4.69, 9.17) is 4.74 Å². The molecule has 4 aliphatic heterocycles. The highest BCUT2D eigenvalue weighted by Crippen LogP contribution is 2.53. The zero-order chi connectivity index (χ0) is 17.3. The van der Waals surface area contributed by atoms with Gasteiger partial charge in [-0.05, 0) is 68.3 Å². The number of rotatable bonds is 2. The first-order chi connectivity index (χ1) is 12.7. The lowest BCUT2D eigenvalue weighted by Crippen LogP contribution is -2.65. The van der Waals surface area contributed by atoms with Crippen molar-refractivity contribution in [2.24, 2.45) is 5.92 Å². The maximum absolute atomic E-state index is 13.1. The van der Waals surface area contributed by atoms with Gasteiger partial charge in [0.15, 0.2) is 0 Å².